The van der Waals surface area contributed by atoms with Crippen LogP contribution in [0.4, 0.5) is 5.69 Å². The highest BCUT2D eigenvalue weighted by Gasteiger charge is 2.22. The molecule has 1 aliphatic heterocycles. The van der Waals surface area contributed by atoms with Crippen molar-refractivity contribution in [3.05, 3.63) is 45.9 Å². The van der Waals surface area contributed by atoms with E-state index in [-0.39, 0.29) is 0 Å². The minimum absolute atomic E-state index is 0.751. The number of thiophene rings is 1. The normalized spacial score (nSPS) is 18.1. The van der Waals surface area contributed by atoms with Gasteiger partial charge in [-0.05, 0) is 47.9 Å². The van der Waals surface area contributed by atoms with Crippen molar-refractivity contribution in [2.24, 2.45) is 0 Å². The number of rotatable bonds is 4. The highest BCUT2D eigenvalue weighted by molar-refractivity contribution is 7.10. The molecule has 0 spiro atoms. The van der Waals surface area contributed by atoms with E-state index in [4.69, 9.17) is 0 Å². The summed E-state index contributed by atoms with van der Waals surface area (Å²) >= 11 is 1.89. The van der Waals surface area contributed by atoms with E-state index in [2.05, 4.69) is 32.7 Å². The number of hydrogen-bond donors (Lipinski definition) is 1. The number of anilines is 1. The lowest BCUT2D eigenvalue weighted by Crippen LogP contribution is -2.31. The predicted molar refractivity (Wildman–Crippen MR) is 83.2 cm³/mol. The van der Waals surface area contributed by atoms with Gasteiger partial charge in [-0.2, -0.15) is 0 Å². The van der Waals surface area contributed by atoms with Crippen LogP contribution in [0.5, 0.6) is 0 Å². The number of nitrogens with one attached hydrogen (secondary N) is 1. The third-order valence-corrected chi connectivity index (χ3v) is 5.22. The van der Waals surface area contributed by atoms with Crippen LogP contribution >= 0.6 is 11.3 Å². The molecule has 0 unspecified atom stereocenters. The fraction of sp³-hybridized carbons (Fsp3) is 0.438. The van der Waals surface area contributed by atoms with Crippen LogP contribution in [0, 0.1) is 0 Å². The highest BCUT2D eigenvalue weighted by atomic mass is 32.1. The van der Waals surface area contributed by atoms with Gasteiger partial charge in [0.25, 0.3) is 0 Å². The zero-order valence-corrected chi connectivity index (χ0v) is 12.3. The second kappa shape index (κ2) is 5.19. The van der Waals surface area contributed by atoms with Crippen LogP contribution in [-0.2, 0) is 19.5 Å². The molecular weight excluding hydrogens is 266 g/mol. The van der Waals surface area contributed by atoms with Gasteiger partial charge in [-0.3, -0.25) is 4.98 Å². The first kappa shape index (κ1) is 12.4. The Morgan fingerprint density at radius 3 is 3.20 bits per heavy atom. The number of hydrogen-bond acceptors (Lipinski definition) is 4. The van der Waals surface area contributed by atoms with Crippen LogP contribution in [0.1, 0.15) is 28.8 Å². The minimum Gasteiger partial charge on any atom is -0.365 e. The zero-order chi connectivity index (χ0) is 13.4. The highest BCUT2D eigenvalue weighted by Crippen LogP contribution is 2.29. The van der Waals surface area contributed by atoms with E-state index >= 15 is 0 Å². The monoisotopic (exact) mass is 285 g/mol. The van der Waals surface area contributed by atoms with Crippen molar-refractivity contribution in [2.45, 2.75) is 38.4 Å². The summed E-state index contributed by atoms with van der Waals surface area (Å²) in [5, 5.41) is 5.83. The van der Waals surface area contributed by atoms with E-state index in [1.807, 2.05) is 23.7 Å². The Morgan fingerprint density at radius 2 is 2.30 bits per heavy atom. The average molecular weight is 285 g/mol. The smallest absolute Gasteiger partial charge is 0.0601 e. The standard InChI is InChI=1S/C16H19N3S/c1-2-14(1)18-9-12-3-6-17-10-15(12)19-7-4-16-13(11-19)5-8-20-16/h3,5-6,8,10,14,18H,1-2,4,7,9,11H2. The summed E-state index contributed by atoms with van der Waals surface area (Å²) in [6, 6.07) is 5.18. The molecule has 0 bridgehead atoms. The van der Waals surface area contributed by atoms with Gasteiger partial charge < -0.3 is 10.2 Å². The summed E-state index contributed by atoms with van der Waals surface area (Å²) in [6.07, 6.45) is 7.77. The lowest BCUT2D eigenvalue weighted by atomic mass is 10.1. The van der Waals surface area contributed by atoms with Crippen molar-refractivity contribution in [2.75, 3.05) is 11.4 Å². The quantitative estimate of drug-likeness (QED) is 0.936. The zero-order valence-electron chi connectivity index (χ0n) is 11.5. The molecule has 3 nitrogen and oxygen atoms in total. The van der Waals surface area contributed by atoms with Gasteiger partial charge in [0.15, 0.2) is 0 Å². The Hall–Kier alpha value is -1.39. The van der Waals surface area contributed by atoms with Crippen molar-refractivity contribution < 1.29 is 0 Å². The molecular formula is C16H19N3S. The molecule has 0 atom stereocenters. The van der Waals surface area contributed by atoms with E-state index in [0.29, 0.717) is 0 Å². The molecule has 2 aliphatic rings. The maximum atomic E-state index is 4.34. The topological polar surface area (TPSA) is 28.2 Å². The third-order valence-electron chi connectivity index (χ3n) is 4.19. The van der Waals surface area contributed by atoms with Crippen LogP contribution in [0.2, 0.25) is 0 Å². The third kappa shape index (κ3) is 2.45. The maximum absolute atomic E-state index is 4.34. The maximum Gasteiger partial charge on any atom is 0.0601 e. The summed E-state index contributed by atoms with van der Waals surface area (Å²) in [7, 11) is 0. The molecule has 104 valence electrons. The predicted octanol–water partition coefficient (Wildman–Crippen LogP) is 2.96. The first-order valence-corrected chi connectivity index (χ1v) is 8.24. The number of aromatic nitrogens is 1. The van der Waals surface area contributed by atoms with Gasteiger partial charge in [-0.1, -0.05) is 0 Å². The van der Waals surface area contributed by atoms with Crippen molar-refractivity contribution in [1.29, 1.82) is 0 Å². The van der Waals surface area contributed by atoms with Crippen LogP contribution in [-0.4, -0.2) is 17.6 Å². The molecule has 4 rings (SSSR count). The van der Waals surface area contributed by atoms with E-state index in [0.717, 1.165) is 32.1 Å². The van der Waals surface area contributed by atoms with E-state index in [1.165, 1.54) is 29.7 Å². The Morgan fingerprint density at radius 1 is 1.35 bits per heavy atom. The Kier molecular flexibility index (Phi) is 3.20. The summed E-state index contributed by atoms with van der Waals surface area (Å²) in [4.78, 5) is 8.38. The fourth-order valence-electron chi connectivity index (χ4n) is 2.85. The van der Waals surface area contributed by atoms with Crippen molar-refractivity contribution in [3.63, 3.8) is 0 Å². The van der Waals surface area contributed by atoms with Gasteiger partial charge in [0, 0.05) is 36.8 Å². The molecule has 4 heteroatoms. The lowest BCUT2D eigenvalue weighted by Gasteiger charge is -2.30. The molecule has 2 aromatic heterocycles. The Labute approximate surface area is 123 Å². The second-order valence-electron chi connectivity index (χ2n) is 5.70. The van der Waals surface area contributed by atoms with Gasteiger partial charge in [0.1, 0.15) is 0 Å². The van der Waals surface area contributed by atoms with E-state index in [1.54, 1.807) is 4.88 Å². The van der Waals surface area contributed by atoms with Crippen molar-refractivity contribution in [1.82, 2.24) is 10.3 Å². The fourth-order valence-corrected chi connectivity index (χ4v) is 3.73. The van der Waals surface area contributed by atoms with Crippen LogP contribution in [0.15, 0.2) is 29.9 Å². The number of pyridine rings is 1. The van der Waals surface area contributed by atoms with Gasteiger partial charge in [0.05, 0.1) is 11.9 Å². The lowest BCUT2D eigenvalue weighted by molar-refractivity contribution is 0.676. The van der Waals surface area contributed by atoms with Gasteiger partial charge in [-0.25, -0.2) is 0 Å². The van der Waals surface area contributed by atoms with Crippen LogP contribution in [0.3, 0.4) is 0 Å². The van der Waals surface area contributed by atoms with E-state index < -0.39 is 0 Å². The minimum atomic E-state index is 0.751. The largest absolute Gasteiger partial charge is 0.365 e. The summed E-state index contributed by atoms with van der Waals surface area (Å²) in [5.41, 5.74) is 4.18. The van der Waals surface area contributed by atoms with Crippen molar-refractivity contribution in [3.8, 4) is 0 Å². The first-order valence-electron chi connectivity index (χ1n) is 7.36. The molecule has 0 radical (unpaired) electrons. The second-order valence-corrected chi connectivity index (χ2v) is 6.70. The molecule has 0 aromatic carbocycles. The van der Waals surface area contributed by atoms with Crippen molar-refractivity contribution >= 4 is 17.0 Å². The molecule has 0 saturated heterocycles. The number of fused-ring (bicyclic) bond motifs is 1. The SMILES string of the molecule is c1cc(CNC2CC2)c(N2CCc3sccc3C2)cn1. The van der Waals surface area contributed by atoms with Gasteiger partial charge in [0.2, 0.25) is 0 Å². The molecule has 1 fully saturated rings. The molecule has 1 N–H and O–H groups in total. The summed E-state index contributed by atoms with van der Waals surface area (Å²) in [6.45, 7) is 3.10. The average Bonchev–Trinajstić information content (AvgIpc) is 3.20. The molecule has 1 aliphatic carbocycles. The number of nitrogens with zero attached hydrogens (tertiary/aromatic N) is 2. The molecule has 2 aromatic rings. The molecule has 3 heterocycles. The Balaban J connectivity index is 1.55. The molecule has 20 heavy (non-hydrogen) atoms. The summed E-state index contributed by atoms with van der Waals surface area (Å²) < 4.78 is 0. The van der Waals surface area contributed by atoms with E-state index in [9.17, 15) is 0 Å². The van der Waals surface area contributed by atoms with Gasteiger partial charge in [-0.15, -0.1) is 11.3 Å². The first-order chi connectivity index (χ1) is 9.90. The van der Waals surface area contributed by atoms with Crippen LogP contribution in [0.25, 0.3) is 0 Å². The Bertz CT molecular complexity index is 603. The summed E-state index contributed by atoms with van der Waals surface area (Å²) in [5.74, 6) is 0. The van der Waals surface area contributed by atoms with Crippen LogP contribution < -0.4 is 10.2 Å². The molecule has 1 saturated carbocycles. The molecule has 0 amide bonds. The van der Waals surface area contributed by atoms with Gasteiger partial charge >= 0.3 is 0 Å².